The highest BCUT2D eigenvalue weighted by Gasteiger charge is 2.23. The summed E-state index contributed by atoms with van der Waals surface area (Å²) in [6.07, 6.45) is 2.58. The number of fused-ring (bicyclic) bond motifs is 1. The van der Waals surface area contributed by atoms with E-state index in [2.05, 4.69) is 39.3 Å². The third-order valence-corrected chi connectivity index (χ3v) is 5.02. The van der Waals surface area contributed by atoms with E-state index >= 15 is 0 Å². The molecule has 1 aliphatic heterocycles. The second kappa shape index (κ2) is 8.02. The van der Waals surface area contributed by atoms with Crippen LogP contribution in [0, 0.1) is 0 Å². The molecule has 0 atom stereocenters. The Morgan fingerprint density at radius 1 is 1.15 bits per heavy atom. The van der Waals surface area contributed by atoms with Gasteiger partial charge in [0.15, 0.2) is 5.82 Å². The van der Waals surface area contributed by atoms with Crippen LogP contribution in [0.4, 0.5) is 0 Å². The molecule has 0 radical (unpaired) electrons. The summed E-state index contributed by atoms with van der Waals surface area (Å²) in [7, 11) is 3.71. The number of aromatic nitrogens is 4. The monoisotopic (exact) mass is 367 g/mol. The van der Waals surface area contributed by atoms with Crippen LogP contribution in [0.5, 0.6) is 0 Å². The number of benzene rings is 1. The molecule has 0 bridgehead atoms. The third kappa shape index (κ3) is 3.94. The molecule has 142 valence electrons. The molecule has 0 spiro atoms. The number of hydrogen-bond acceptors (Lipinski definition) is 6. The van der Waals surface area contributed by atoms with Gasteiger partial charge in [-0.1, -0.05) is 35.5 Å². The molecule has 4 rings (SSSR count). The highest BCUT2D eigenvalue weighted by Crippen LogP contribution is 2.28. The third-order valence-electron chi connectivity index (χ3n) is 5.02. The lowest BCUT2D eigenvalue weighted by Crippen LogP contribution is -2.26. The number of aryl methyl sites for hydroxylation is 1. The number of rotatable bonds is 6. The summed E-state index contributed by atoms with van der Waals surface area (Å²) in [4.78, 5) is 6.83. The molecule has 7 nitrogen and oxygen atoms in total. The summed E-state index contributed by atoms with van der Waals surface area (Å²) < 4.78 is 12.5. The van der Waals surface area contributed by atoms with Crippen LogP contribution >= 0.6 is 0 Å². The first-order chi connectivity index (χ1) is 13.2. The zero-order valence-electron chi connectivity index (χ0n) is 15.9. The van der Waals surface area contributed by atoms with Crippen LogP contribution < -0.4 is 0 Å². The average molecular weight is 367 g/mol. The zero-order chi connectivity index (χ0) is 18.6. The van der Waals surface area contributed by atoms with Crippen molar-refractivity contribution >= 4 is 0 Å². The molecular formula is C20H25N5O2. The molecule has 0 unspecified atom stereocenters. The lowest BCUT2D eigenvalue weighted by Gasteiger charge is -2.17. The van der Waals surface area contributed by atoms with Crippen LogP contribution in [0.1, 0.15) is 23.0 Å². The van der Waals surface area contributed by atoms with E-state index < -0.39 is 0 Å². The topological polar surface area (TPSA) is 69.2 Å². The van der Waals surface area contributed by atoms with E-state index in [1.807, 2.05) is 17.8 Å². The average Bonchev–Trinajstić information content (AvgIpc) is 3.20. The Balaban J connectivity index is 1.46. The van der Waals surface area contributed by atoms with Crippen LogP contribution in [0.15, 0.2) is 34.9 Å². The van der Waals surface area contributed by atoms with Crippen molar-refractivity contribution in [1.82, 2.24) is 24.8 Å². The minimum Gasteiger partial charge on any atom is -0.384 e. The number of methoxy groups -OCH3 is 1. The van der Waals surface area contributed by atoms with Gasteiger partial charge in [0.2, 0.25) is 5.89 Å². The number of hydrogen-bond donors (Lipinski definition) is 0. The first-order valence-corrected chi connectivity index (χ1v) is 9.37. The number of ether oxygens (including phenoxy) is 1. The lowest BCUT2D eigenvalue weighted by molar-refractivity contribution is 0.199. The fourth-order valence-corrected chi connectivity index (χ4v) is 3.69. The van der Waals surface area contributed by atoms with Crippen molar-refractivity contribution in [1.29, 1.82) is 0 Å². The predicted molar refractivity (Wildman–Crippen MR) is 101 cm³/mol. The van der Waals surface area contributed by atoms with Gasteiger partial charge >= 0.3 is 0 Å². The van der Waals surface area contributed by atoms with Gasteiger partial charge < -0.3 is 9.26 Å². The van der Waals surface area contributed by atoms with E-state index in [0.717, 1.165) is 25.9 Å². The van der Waals surface area contributed by atoms with Gasteiger partial charge in [-0.2, -0.15) is 10.1 Å². The van der Waals surface area contributed by atoms with Crippen molar-refractivity contribution in [2.45, 2.75) is 25.8 Å². The largest absolute Gasteiger partial charge is 0.384 e. The van der Waals surface area contributed by atoms with E-state index in [-0.39, 0.29) is 0 Å². The van der Waals surface area contributed by atoms with Crippen LogP contribution in [0.2, 0.25) is 0 Å². The molecule has 0 fully saturated rings. The molecule has 0 aliphatic carbocycles. The maximum Gasteiger partial charge on any atom is 0.240 e. The summed E-state index contributed by atoms with van der Waals surface area (Å²) >= 11 is 0. The molecule has 0 N–H and O–H groups in total. The van der Waals surface area contributed by atoms with E-state index in [0.29, 0.717) is 31.3 Å². The first-order valence-electron chi connectivity index (χ1n) is 9.37. The minimum absolute atomic E-state index is 0.604. The molecular weight excluding hydrogens is 342 g/mol. The van der Waals surface area contributed by atoms with Gasteiger partial charge in [-0.3, -0.25) is 9.58 Å². The van der Waals surface area contributed by atoms with Gasteiger partial charge in [0, 0.05) is 51.2 Å². The standard InChI is InChI=1S/C20H25N5O2/c1-24-20(15-6-4-3-5-7-15)16-8-11-25(12-9-17(16)22-24)14-19-21-18(23-27-19)10-13-26-2/h3-7H,8-14H2,1-2H3. The van der Waals surface area contributed by atoms with Crippen LogP contribution in [-0.2, 0) is 37.6 Å². The van der Waals surface area contributed by atoms with Crippen molar-refractivity contribution in [2.24, 2.45) is 7.05 Å². The van der Waals surface area contributed by atoms with Crippen LogP contribution in [-0.4, -0.2) is 51.6 Å². The van der Waals surface area contributed by atoms with Gasteiger partial charge in [-0.15, -0.1) is 0 Å². The fourth-order valence-electron chi connectivity index (χ4n) is 3.69. The fraction of sp³-hybridized carbons (Fsp3) is 0.450. The zero-order valence-corrected chi connectivity index (χ0v) is 15.9. The molecule has 3 heterocycles. The van der Waals surface area contributed by atoms with Crippen molar-refractivity contribution < 1.29 is 9.26 Å². The lowest BCUT2D eigenvalue weighted by atomic mass is 10.0. The number of nitrogens with zero attached hydrogens (tertiary/aromatic N) is 5. The van der Waals surface area contributed by atoms with Gasteiger partial charge in [-0.25, -0.2) is 0 Å². The van der Waals surface area contributed by atoms with Gasteiger partial charge in [0.25, 0.3) is 0 Å². The summed E-state index contributed by atoms with van der Waals surface area (Å²) in [6.45, 7) is 3.17. The Morgan fingerprint density at radius 3 is 2.78 bits per heavy atom. The van der Waals surface area contributed by atoms with Gasteiger partial charge in [-0.05, 0) is 6.42 Å². The Labute approximate surface area is 158 Å². The Kier molecular flexibility index (Phi) is 5.31. The van der Waals surface area contributed by atoms with E-state index in [1.165, 1.54) is 22.5 Å². The molecule has 2 aromatic heterocycles. The summed E-state index contributed by atoms with van der Waals surface area (Å²) in [5.41, 5.74) is 5.01. The normalized spacial score (nSPS) is 14.9. The molecule has 0 saturated heterocycles. The van der Waals surface area contributed by atoms with Gasteiger partial charge in [0.1, 0.15) is 0 Å². The van der Waals surface area contributed by atoms with Gasteiger partial charge in [0.05, 0.1) is 24.5 Å². The Bertz CT molecular complexity index is 887. The SMILES string of the molecule is COCCc1noc(CN2CCc3nn(C)c(-c4ccccc4)c3CC2)n1. The predicted octanol–water partition coefficient (Wildman–Crippen LogP) is 2.26. The molecule has 0 amide bonds. The van der Waals surface area contributed by atoms with Crippen molar-refractivity contribution in [3.05, 3.63) is 53.3 Å². The molecule has 1 aromatic carbocycles. The minimum atomic E-state index is 0.604. The molecule has 0 saturated carbocycles. The highest BCUT2D eigenvalue weighted by molar-refractivity contribution is 5.64. The Morgan fingerprint density at radius 2 is 1.96 bits per heavy atom. The quantitative estimate of drug-likeness (QED) is 0.666. The summed E-state index contributed by atoms with van der Waals surface area (Å²) in [6, 6.07) is 10.5. The molecule has 7 heteroatoms. The highest BCUT2D eigenvalue weighted by atomic mass is 16.5. The van der Waals surface area contributed by atoms with Crippen LogP contribution in [0.25, 0.3) is 11.3 Å². The maximum absolute atomic E-state index is 5.40. The van der Waals surface area contributed by atoms with E-state index in [9.17, 15) is 0 Å². The molecule has 3 aromatic rings. The maximum atomic E-state index is 5.40. The summed E-state index contributed by atoms with van der Waals surface area (Å²) in [5.74, 6) is 1.38. The van der Waals surface area contributed by atoms with Crippen molar-refractivity contribution in [3.8, 4) is 11.3 Å². The summed E-state index contributed by atoms with van der Waals surface area (Å²) in [5, 5.41) is 8.82. The first kappa shape index (κ1) is 17.9. The van der Waals surface area contributed by atoms with Crippen molar-refractivity contribution in [2.75, 3.05) is 26.8 Å². The Hall–Kier alpha value is -2.51. The molecule has 1 aliphatic rings. The molecule has 27 heavy (non-hydrogen) atoms. The van der Waals surface area contributed by atoms with E-state index in [4.69, 9.17) is 14.4 Å². The second-order valence-electron chi connectivity index (χ2n) is 6.89. The van der Waals surface area contributed by atoms with Crippen LogP contribution in [0.3, 0.4) is 0 Å². The van der Waals surface area contributed by atoms with Crippen molar-refractivity contribution in [3.63, 3.8) is 0 Å². The second-order valence-corrected chi connectivity index (χ2v) is 6.89. The van der Waals surface area contributed by atoms with E-state index in [1.54, 1.807) is 7.11 Å². The smallest absolute Gasteiger partial charge is 0.240 e.